The molecule has 19 heavy (non-hydrogen) atoms. The Labute approximate surface area is 122 Å². The van der Waals surface area contributed by atoms with E-state index in [1.807, 2.05) is 26.8 Å². The Morgan fingerprint density at radius 3 is 2.47 bits per heavy atom. The number of nitrogens with one attached hydrogen (secondary N) is 1. The molecule has 1 fully saturated rings. The van der Waals surface area contributed by atoms with Gasteiger partial charge in [-0.2, -0.15) is 0 Å². The van der Waals surface area contributed by atoms with Crippen LogP contribution in [0.15, 0.2) is 11.6 Å². The minimum atomic E-state index is -0.500. The largest absolute Gasteiger partial charge is 0.391 e. The van der Waals surface area contributed by atoms with Crippen LogP contribution in [0.5, 0.6) is 0 Å². The molecule has 0 bridgehead atoms. The summed E-state index contributed by atoms with van der Waals surface area (Å²) >= 11 is 0. The maximum Gasteiger partial charge on any atom is 0.158 e. The molecule has 0 spiro atoms. The van der Waals surface area contributed by atoms with Crippen LogP contribution in [0.2, 0.25) is 0 Å². The van der Waals surface area contributed by atoms with Crippen LogP contribution in [0.1, 0.15) is 52.9 Å². The van der Waals surface area contributed by atoms with Crippen LogP contribution in [-0.4, -0.2) is 29.1 Å². The number of carbonyl (C=O) groups is 1. The van der Waals surface area contributed by atoms with Crippen molar-refractivity contribution in [1.29, 1.82) is 0 Å². The van der Waals surface area contributed by atoms with E-state index >= 15 is 0 Å². The van der Waals surface area contributed by atoms with Crippen molar-refractivity contribution in [3.05, 3.63) is 11.6 Å². The molecule has 2 rings (SSSR count). The molecular weight excluding hydrogens is 262 g/mol. The van der Waals surface area contributed by atoms with E-state index in [1.165, 1.54) is 25.7 Å². The van der Waals surface area contributed by atoms with E-state index in [-0.39, 0.29) is 29.6 Å². The summed E-state index contributed by atoms with van der Waals surface area (Å²) in [6.45, 7) is 5.82. The zero-order chi connectivity index (χ0) is 13.3. The van der Waals surface area contributed by atoms with Gasteiger partial charge in [-0.25, -0.2) is 0 Å². The first-order valence-corrected chi connectivity index (χ1v) is 7.06. The fourth-order valence-corrected chi connectivity index (χ4v) is 3.10. The molecule has 0 saturated heterocycles. The molecule has 0 aliphatic heterocycles. The molecule has 0 radical (unpaired) electrons. The van der Waals surface area contributed by atoms with E-state index in [0.717, 1.165) is 5.57 Å². The van der Waals surface area contributed by atoms with Crippen LogP contribution < -0.4 is 5.32 Å². The lowest BCUT2D eigenvalue weighted by Gasteiger charge is -2.34. The fraction of sp³-hybridized carbons (Fsp3) is 0.800. The van der Waals surface area contributed by atoms with Gasteiger partial charge in [0.1, 0.15) is 0 Å². The Morgan fingerprint density at radius 2 is 1.89 bits per heavy atom. The molecule has 4 heteroatoms. The third-order valence-electron chi connectivity index (χ3n) is 4.41. The van der Waals surface area contributed by atoms with Gasteiger partial charge in [0, 0.05) is 12.5 Å². The summed E-state index contributed by atoms with van der Waals surface area (Å²) in [5, 5.41) is 14.0. The molecule has 2 aliphatic rings. The zero-order valence-corrected chi connectivity index (χ0v) is 12.9. The number of hydrogen-bond acceptors (Lipinski definition) is 3. The second kappa shape index (κ2) is 6.38. The Morgan fingerprint density at radius 1 is 1.32 bits per heavy atom. The number of carbonyl (C=O) groups excluding carboxylic acids is 1. The van der Waals surface area contributed by atoms with Crippen molar-refractivity contribution < 1.29 is 9.90 Å². The number of rotatable bonds is 2. The van der Waals surface area contributed by atoms with E-state index in [4.69, 9.17) is 0 Å². The Balaban J connectivity index is 0.00000180. The number of aliphatic hydroxyl groups excluding tert-OH is 1. The molecule has 0 aromatic heterocycles. The Bertz CT molecular complexity index is 359. The van der Waals surface area contributed by atoms with Gasteiger partial charge in [-0.05, 0) is 30.8 Å². The van der Waals surface area contributed by atoms with Crippen molar-refractivity contribution in [2.45, 2.75) is 71.1 Å². The Hall–Kier alpha value is -0.380. The smallest absolute Gasteiger partial charge is 0.158 e. The van der Waals surface area contributed by atoms with E-state index in [0.29, 0.717) is 12.5 Å². The maximum atomic E-state index is 12.0. The van der Waals surface area contributed by atoms with Crippen molar-refractivity contribution in [2.75, 3.05) is 0 Å². The highest BCUT2D eigenvalue weighted by atomic mass is 35.5. The molecule has 0 amide bonds. The molecule has 2 N–H and O–H groups in total. The molecule has 2 unspecified atom stereocenters. The average molecular weight is 288 g/mol. The SMILES string of the molecule is CC1=CC(NC2CCCC2)C(O)C(C)(C)CC1=O.Cl. The fourth-order valence-electron chi connectivity index (χ4n) is 3.10. The Kier molecular flexibility index (Phi) is 5.60. The van der Waals surface area contributed by atoms with Crippen LogP contribution in [0, 0.1) is 5.41 Å². The van der Waals surface area contributed by atoms with Gasteiger partial charge in [-0.15, -0.1) is 12.4 Å². The predicted octanol–water partition coefficient (Wildman–Crippen LogP) is 2.62. The van der Waals surface area contributed by atoms with Gasteiger partial charge >= 0.3 is 0 Å². The van der Waals surface area contributed by atoms with Gasteiger partial charge < -0.3 is 10.4 Å². The second-order valence-corrected chi connectivity index (χ2v) is 6.56. The predicted molar refractivity (Wildman–Crippen MR) is 79.6 cm³/mol. The molecule has 0 heterocycles. The molecular formula is C15H26ClNO2. The van der Waals surface area contributed by atoms with Crippen molar-refractivity contribution in [1.82, 2.24) is 5.32 Å². The third kappa shape index (κ3) is 3.80. The molecule has 2 aliphatic carbocycles. The first kappa shape index (κ1) is 16.7. The van der Waals surface area contributed by atoms with Crippen molar-refractivity contribution in [2.24, 2.45) is 5.41 Å². The molecule has 110 valence electrons. The first-order valence-electron chi connectivity index (χ1n) is 7.06. The van der Waals surface area contributed by atoms with Gasteiger partial charge in [0.05, 0.1) is 12.1 Å². The number of Topliss-reactive ketones (excluding diaryl/α,β-unsaturated/α-hetero) is 1. The molecule has 1 saturated carbocycles. The monoisotopic (exact) mass is 287 g/mol. The van der Waals surface area contributed by atoms with Crippen LogP contribution in [-0.2, 0) is 4.79 Å². The lowest BCUT2D eigenvalue weighted by molar-refractivity contribution is -0.118. The summed E-state index contributed by atoms with van der Waals surface area (Å²) in [7, 11) is 0. The van der Waals surface area contributed by atoms with E-state index < -0.39 is 6.10 Å². The quantitative estimate of drug-likeness (QED) is 0.821. The summed E-state index contributed by atoms with van der Waals surface area (Å²) in [5.74, 6) is 0.162. The van der Waals surface area contributed by atoms with Gasteiger partial charge in [0.15, 0.2) is 5.78 Å². The number of allylic oxidation sites excluding steroid dienone is 1. The highest BCUT2D eigenvalue weighted by Crippen LogP contribution is 2.33. The van der Waals surface area contributed by atoms with Crippen molar-refractivity contribution >= 4 is 18.2 Å². The van der Waals surface area contributed by atoms with E-state index in [2.05, 4.69) is 5.32 Å². The molecule has 0 aromatic rings. The van der Waals surface area contributed by atoms with Crippen molar-refractivity contribution in [3.8, 4) is 0 Å². The van der Waals surface area contributed by atoms with Gasteiger partial charge in [-0.1, -0.05) is 32.8 Å². The topological polar surface area (TPSA) is 49.3 Å². The molecule has 2 atom stereocenters. The van der Waals surface area contributed by atoms with E-state index in [1.54, 1.807) is 0 Å². The first-order chi connectivity index (χ1) is 8.40. The van der Waals surface area contributed by atoms with Gasteiger partial charge in [0.25, 0.3) is 0 Å². The summed E-state index contributed by atoms with van der Waals surface area (Å²) in [6, 6.07) is 0.409. The van der Waals surface area contributed by atoms with Crippen LogP contribution >= 0.6 is 12.4 Å². The standard InChI is InChI=1S/C15H25NO2.ClH/c1-10-8-12(16-11-6-4-5-7-11)14(18)15(2,3)9-13(10)17;/h8,11-12,14,16,18H,4-7,9H2,1-3H3;1H. The zero-order valence-electron chi connectivity index (χ0n) is 12.1. The summed E-state index contributed by atoms with van der Waals surface area (Å²) in [4.78, 5) is 12.0. The lowest BCUT2D eigenvalue weighted by Crippen LogP contribution is -2.49. The highest BCUT2D eigenvalue weighted by molar-refractivity contribution is 5.95. The summed E-state index contributed by atoms with van der Waals surface area (Å²) in [6.07, 6.45) is 6.77. The third-order valence-corrected chi connectivity index (χ3v) is 4.41. The molecule has 3 nitrogen and oxygen atoms in total. The summed E-state index contributed by atoms with van der Waals surface area (Å²) in [5.41, 5.74) is 0.428. The number of hydrogen-bond donors (Lipinski definition) is 2. The number of halogens is 1. The minimum absolute atomic E-state index is 0. The summed E-state index contributed by atoms with van der Waals surface area (Å²) < 4.78 is 0. The lowest BCUT2D eigenvalue weighted by atomic mass is 9.80. The highest BCUT2D eigenvalue weighted by Gasteiger charge is 2.38. The van der Waals surface area contributed by atoms with Crippen molar-refractivity contribution in [3.63, 3.8) is 0 Å². The van der Waals surface area contributed by atoms with Crippen LogP contribution in [0.4, 0.5) is 0 Å². The average Bonchev–Trinajstić information content (AvgIpc) is 2.76. The number of ketones is 1. The normalized spacial score (nSPS) is 31.6. The minimum Gasteiger partial charge on any atom is -0.391 e. The molecule has 0 aromatic carbocycles. The second-order valence-electron chi connectivity index (χ2n) is 6.56. The maximum absolute atomic E-state index is 12.0. The van der Waals surface area contributed by atoms with Gasteiger partial charge in [0.2, 0.25) is 0 Å². The van der Waals surface area contributed by atoms with E-state index in [9.17, 15) is 9.90 Å². The number of aliphatic hydroxyl groups is 1. The van der Waals surface area contributed by atoms with Crippen LogP contribution in [0.3, 0.4) is 0 Å². The van der Waals surface area contributed by atoms with Crippen LogP contribution in [0.25, 0.3) is 0 Å². The van der Waals surface area contributed by atoms with Gasteiger partial charge in [-0.3, -0.25) is 4.79 Å².